The Kier molecular flexibility index (Phi) is 4.90. The van der Waals surface area contributed by atoms with E-state index in [0.717, 1.165) is 16.6 Å². The van der Waals surface area contributed by atoms with Crippen LogP contribution in [0.25, 0.3) is 10.9 Å². The molecule has 9 heteroatoms. The molecule has 3 rings (SSSR count). The minimum Gasteiger partial charge on any atom is -0.383 e. The van der Waals surface area contributed by atoms with Crippen molar-refractivity contribution in [3.05, 3.63) is 48.0 Å². The average Bonchev–Trinajstić information content (AvgIpc) is 2.61. The van der Waals surface area contributed by atoms with E-state index < -0.39 is 10.0 Å². The van der Waals surface area contributed by atoms with Crippen LogP contribution in [0.2, 0.25) is 0 Å². The number of hydrogen-bond acceptors (Lipinski definition) is 7. The molecule has 0 aliphatic heterocycles. The van der Waals surface area contributed by atoms with Crippen LogP contribution < -0.4 is 16.4 Å². The number of anilines is 3. The third-order valence-corrected chi connectivity index (χ3v) is 6.12. The van der Waals surface area contributed by atoms with Gasteiger partial charge in [-0.15, -0.1) is 0 Å². The number of benzene rings is 2. The second kappa shape index (κ2) is 7.01. The van der Waals surface area contributed by atoms with E-state index in [-0.39, 0.29) is 10.8 Å². The molecule has 8 nitrogen and oxygen atoms in total. The summed E-state index contributed by atoms with van der Waals surface area (Å²) >= 11 is 0. The fourth-order valence-corrected chi connectivity index (χ4v) is 3.64. The maximum absolute atomic E-state index is 12.2. The molecule has 0 saturated carbocycles. The number of sulfonamides is 1. The van der Waals surface area contributed by atoms with Gasteiger partial charge in [0.2, 0.25) is 16.0 Å². The Bertz CT molecular complexity index is 1080. The molecule has 0 unspecified atom stereocenters. The van der Waals surface area contributed by atoms with Gasteiger partial charge in [0.15, 0.2) is 0 Å². The Hall–Kier alpha value is -2.91. The zero-order chi connectivity index (χ0) is 19.8. The first kappa shape index (κ1) is 18.9. The lowest BCUT2D eigenvalue weighted by atomic mass is 10.1. The van der Waals surface area contributed by atoms with E-state index >= 15 is 0 Å². The SMILES string of the molecule is CN(Cc1ccc(S(=O)(=O)N(C)C)cc1)c1ccc2nc(N)nc(N)c2c1. The van der Waals surface area contributed by atoms with Gasteiger partial charge in [-0.1, -0.05) is 12.1 Å². The van der Waals surface area contributed by atoms with Gasteiger partial charge >= 0.3 is 0 Å². The third-order valence-electron chi connectivity index (χ3n) is 4.29. The van der Waals surface area contributed by atoms with Crippen LogP contribution in [0.5, 0.6) is 0 Å². The van der Waals surface area contributed by atoms with Gasteiger partial charge in [-0.25, -0.2) is 17.7 Å². The molecule has 0 fully saturated rings. The monoisotopic (exact) mass is 386 g/mol. The Morgan fingerprint density at radius 2 is 1.63 bits per heavy atom. The van der Waals surface area contributed by atoms with E-state index in [9.17, 15) is 8.42 Å². The summed E-state index contributed by atoms with van der Waals surface area (Å²) in [7, 11) is 1.55. The maximum atomic E-state index is 12.2. The van der Waals surface area contributed by atoms with Crippen LogP contribution in [0, 0.1) is 0 Å². The van der Waals surface area contributed by atoms with Gasteiger partial charge in [-0.2, -0.15) is 4.98 Å². The topological polar surface area (TPSA) is 118 Å². The summed E-state index contributed by atoms with van der Waals surface area (Å²) in [5.74, 6) is 0.486. The maximum Gasteiger partial charge on any atom is 0.242 e. The van der Waals surface area contributed by atoms with Crippen LogP contribution in [0.1, 0.15) is 5.56 Å². The molecule has 3 aromatic rings. The summed E-state index contributed by atoms with van der Waals surface area (Å²) in [6.45, 7) is 0.601. The van der Waals surface area contributed by atoms with Crippen molar-refractivity contribution in [1.82, 2.24) is 14.3 Å². The van der Waals surface area contributed by atoms with Crippen LogP contribution in [0.4, 0.5) is 17.5 Å². The van der Waals surface area contributed by atoms with Crippen molar-refractivity contribution in [3.8, 4) is 0 Å². The molecule has 0 radical (unpaired) electrons. The highest BCUT2D eigenvalue weighted by Gasteiger charge is 2.16. The summed E-state index contributed by atoms with van der Waals surface area (Å²) in [4.78, 5) is 10.5. The summed E-state index contributed by atoms with van der Waals surface area (Å²) < 4.78 is 25.5. The second-order valence-electron chi connectivity index (χ2n) is 6.46. The summed E-state index contributed by atoms with van der Waals surface area (Å²) in [6, 6.07) is 12.6. The molecule has 2 aromatic carbocycles. The van der Waals surface area contributed by atoms with Gasteiger partial charge in [0.1, 0.15) is 5.82 Å². The quantitative estimate of drug-likeness (QED) is 0.685. The zero-order valence-electron chi connectivity index (χ0n) is 15.4. The minimum atomic E-state index is -3.43. The lowest BCUT2D eigenvalue weighted by molar-refractivity contribution is 0.520. The zero-order valence-corrected chi connectivity index (χ0v) is 16.2. The standard InChI is InChI=1S/C18H22N6O2S/c1-23(2)27(25,26)14-7-4-12(5-8-14)11-24(3)13-6-9-16-15(10-13)17(19)22-18(20)21-16/h4-10H,11H2,1-3H3,(H4,19,20,21,22). The van der Waals surface area contributed by atoms with E-state index in [0.29, 0.717) is 17.9 Å². The molecule has 0 saturated heterocycles. The molecule has 0 aliphatic carbocycles. The first-order chi connectivity index (χ1) is 12.7. The lowest BCUT2D eigenvalue weighted by Crippen LogP contribution is -2.22. The smallest absolute Gasteiger partial charge is 0.242 e. The predicted molar refractivity (Wildman–Crippen MR) is 108 cm³/mol. The number of nitrogens with two attached hydrogens (primary N) is 2. The molecule has 142 valence electrons. The van der Waals surface area contributed by atoms with Crippen molar-refractivity contribution in [1.29, 1.82) is 0 Å². The van der Waals surface area contributed by atoms with E-state index in [4.69, 9.17) is 11.5 Å². The predicted octanol–water partition coefficient (Wildman–Crippen LogP) is 1.68. The molecule has 1 aromatic heterocycles. The van der Waals surface area contributed by atoms with Crippen LogP contribution in [0.3, 0.4) is 0 Å². The highest BCUT2D eigenvalue weighted by molar-refractivity contribution is 7.89. The molecule has 0 spiro atoms. The molecule has 4 N–H and O–H groups in total. The Morgan fingerprint density at radius 3 is 2.26 bits per heavy atom. The number of hydrogen-bond donors (Lipinski definition) is 2. The van der Waals surface area contributed by atoms with E-state index in [1.54, 1.807) is 12.1 Å². The first-order valence-corrected chi connectivity index (χ1v) is 9.68. The van der Waals surface area contributed by atoms with Gasteiger partial charge in [0.25, 0.3) is 0 Å². The number of nitrogens with zero attached hydrogens (tertiary/aromatic N) is 4. The van der Waals surface area contributed by atoms with Gasteiger partial charge in [-0.3, -0.25) is 0 Å². The second-order valence-corrected chi connectivity index (χ2v) is 8.61. The Morgan fingerprint density at radius 1 is 0.963 bits per heavy atom. The van der Waals surface area contributed by atoms with Crippen LogP contribution in [0.15, 0.2) is 47.4 Å². The van der Waals surface area contributed by atoms with Gasteiger partial charge in [0.05, 0.1) is 10.4 Å². The van der Waals surface area contributed by atoms with Crippen LogP contribution in [-0.2, 0) is 16.6 Å². The normalized spacial score (nSPS) is 11.9. The fourth-order valence-electron chi connectivity index (χ4n) is 2.74. The first-order valence-electron chi connectivity index (χ1n) is 8.24. The highest BCUT2D eigenvalue weighted by atomic mass is 32.2. The summed E-state index contributed by atoms with van der Waals surface area (Å²) in [6.07, 6.45) is 0. The van der Waals surface area contributed by atoms with E-state index in [1.165, 1.54) is 18.4 Å². The van der Waals surface area contributed by atoms with Gasteiger partial charge in [0, 0.05) is 38.8 Å². The number of rotatable bonds is 5. The lowest BCUT2D eigenvalue weighted by Gasteiger charge is -2.20. The number of fused-ring (bicyclic) bond motifs is 1. The number of nitrogen functional groups attached to an aromatic ring is 2. The molecule has 27 heavy (non-hydrogen) atoms. The third kappa shape index (κ3) is 3.79. The molecule has 0 amide bonds. The molecule has 0 atom stereocenters. The minimum absolute atomic E-state index is 0.147. The van der Waals surface area contributed by atoms with E-state index in [1.807, 2.05) is 42.3 Å². The highest BCUT2D eigenvalue weighted by Crippen LogP contribution is 2.25. The Labute approximate surface area is 158 Å². The molecular weight excluding hydrogens is 364 g/mol. The molecule has 0 aliphatic rings. The van der Waals surface area contributed by atoms with Gasteiger partial charge in [-0.05, 0) is 35.9 Å². The molecule has 0 bridgehead atoms. The van der Waals surface area contributed by atoms with Crippen LogP contribution in [-0.4, -0.2) is 43.8 Å². The van der Waals surface area contributed by atoms with Crippen molar-refractivity contribution in [2.24, 2.45) is 0 Å². The van der Waals surface area contributed by atoms with Crippen molar-refractivity contribution < 1.29 is 8.42 Å². The average molecular weight is 386 g/mol. The van der Waals surface area contributed by atoms with E-state index in [2.05, 4.69) is 9.97 Å². The largest absolute Gasteiger partial charge is 0.383 e. The molecule has 1 heterocycles. The van der Waals surface area contributed by atoms with Crippen molar-refractivity contribution in [3.63, 3.8) is 0 Å². The van der Waals surface area contributed by atoms with Crippen molar-refractivity contribution in [2.45, 2.75) is 11.4 Å². The number of aromatic nitrogens is 2. The van der Waals surface area contributed by atoms with Crippen molar-refractivity contribution >= 4 is 38.4 Å². The van der Waals surface area contributed by atoms with Crippen molar-refractivity contribution in [2.75, 3.05) is 37.5 Å². The van der Waals surface area contributed by atoms with Gasteiger partial charge < -0.3 is 16.4 Å². The summed E-state index contributed by atoms with van der Waals surface area (Å²) in [5.41, 5.74) is 14.2. The summed E-state index contributed by atoms with van der Waals surface area (Å²) in [5, 5.41) is 0.737. The molecular formula is C18H22N6O2S. The Balaban J connectivity index is 1.83. The fraction of sp³-hybridized carbons (Fsp3) is 0.222. The van der Waals surface area contributed by atoms with Crippen LogP contribution >= 0.6 is 0 Å².